The Morgan fingerprint density at radius 1 is 1.42 bits per heavy atom. The Hall–Kier alpha value is -3.07. The molecule has 0 saturated carbocycles. The van der Waals surface area contributed by atoms with E-state index in [-0.39, 0.29) is 6.04 Å². The van der Waals surface area contributed by atoms with Crippen molar-refractivity contribution in [3.8, 4) is 17.2 Å². The number of aryl methyl sites for hydroxylation is 1. The van der Waals surface area contributed by atoms with Gasteiger partial charge < -0.3 is 14.9 Å². The first-order chi connectivity index (χ1) is 12.5. The predicted octanol–water partition coefficient (Wildman–Crippen LogP) is 3.51. The Bertz CT molecular complexity index is 859. The van der Waals surface area contributed by atoms with Crippen molar-refractivity contribution < 1.29 is 9.90 Å². The summed E-state index contributed by atoms with van der Waals surface area (Å²) in [4.78, 5) is 19.2. The van der Waals surface area contributed by atoms with E-state index in [9.17, 15) is 9.90 Å². The predicted molar refractivity (Wildman–Crippen MR) is 100 cm³/mol. The van der Waals surface area contributed by atoms with E-state index in [0.29, 0.717) is 12.1 Å². The fourth-order valence-corrected chi connectivity index (χ4v) is 3.48. The molecule has 1 fully saturated rings. The molecule has 2 heterocycles. The molecule has 1 saturated heterocycles. The fraction of sp³-hybridized carbons (Fsp3) is 0.350. The number of carboxylic acid groups (broad SMARTS) is 1. The van der Waals surface area contributed by atoms with Crippen LogP contribution >= 0.6 is 0 Å². The first-order valence-electron chi connectivity index (χ1n) is 8.67. The van der Waals surface area contributed by atoms with Crippen molar-refractivity contribution in [2.75, 3.05) is 25.0 Å². The Morgan fingerprint density at radius 3 is 2.92 bits per heavy atom. The second-order valence-corrected chi connectivity index (χ2v) is 6.67. The molecule has 1 aromatic carbocycles. The monoisotopic (exact) mass is 350 g/mol. The highest BCUT2D eigenvalue weighted by Gasteiger charge is 2.27. The second kappa shape index (κ2) is 7.44. The number of amides is 1. The maximum Gasteiger partial charge on any atom is 0.407 e. The average molecular weight is 350 g/mol. The first-order valence-corrected chi connectivity index (χ1v) is 8.67. The third kappa shape index (κ3) is 3.47. The van der Waals surface area contributed by atoms with Crippen LogP contribution in [0.15, 0.2) is 36.7 Å². The van der Waals surface area contributed by atoms with Crippen LogP contribution in [-0.4, -0.2) is 47.3 Å². The second-order valence-electron chi connectivity index (χ2n) is 6.67. The number of nitriles is 1. The van der Waals surface area contributed by atoms with E-state index in [1.165, 1.54) is 4.90 Å². The number of carbonyl (C=O) groups is 1. The molecule has 0 aliphatic carbocycles. The minimum absolute atomic E-state index is 0.0305. The zero-order chi connectivity index (χ0) is 18.7. The number of pyridine rings is 1. The summed E-state index contributed by atoms with van der Waals surface area (Å²) in [6, 6.07) is 9.95. The molecule has 0 spiro atoms. The van der Waals surface area contributed by atoms with Crippen molar-refractivity contribution in [1.29, 1.82) is 5.26 Å². The van der Waals surface area contributed by atoms with Crippen LogP contribution in [0.25, 0.3) is 11.1 Å². The first kappa shape index (κ1) is 17.7. The number of hydrogen-bond donors (Lipinski definition) is 1. The van der Waals surface area contributed by atoms with E-state index in [2.05, 4.69) is 16.0 Å². The summed E-state index contributed by atoms with van der Waals surface area (Å²) in [7, 11) is 1.63. The lowest BCUT2D eigenvalue weighted by Crippen LogP contribution is -2.48. The molecule has 1 amide bonds. The highest BCUT2D eigenvalue weighted by molar-refractivity contribution is 5.79. The topological polar surface area (TPSA) is 80.5 Å². The van der Waals surface area contributed by atoms with Crippen molar-refractivity contribution in [1.82, 2.24) is 9.88 Å². The van der Waals surface area contributed by atoms with Crippen LogP contribution in [0.2, 0.25) is 0 Å². The lowest BCUT2D eigenvalue weighted by Gasteiger charge is -2.38. The zero-order valence-corrected chi connectivity index (χ0v) is 15.0. The highest BCUT2D eigenvalue weighted by Crippen LogP contribution is 2.33. The normalized spacial score (nSPS) is 16.8. The van der Waals surface area contributed by atoms with Crippen LogP contribution in [0.3, 0.4) is 0 Å². The molecule has 2 aromatic rings. The lowest BCUT2D eigenvalue weighted by atomic mass is 9.98. The van der Waals surface area contributed by atoms with Gasteiger partial charge >= 0.3 is 6.09 Å². The van der Waals surface area contributed by atoms with Gasteiger partial charge in [-0.05, 0) is 43.0 Å². The molecule has 134 valence electrons. The number of likely N-dealkylation sites (N-methyl/N-ethyl adjacent to an activating group) is 1. The van der Waals surface area contributed by atoms with Gasteiger partial charge in [-0.15, -0.1) is 0 Å². The van der Waals surface area contributed by atoms with Crippen LogP contribution in [0.4, 0.5) is 10.5 Å². The smallest absolute Gasteiger partial charge is 0.407 e. The Kier molecular flexibility index (Phi) is 5.08. The molecule has 6 heteroatoms. The average Bonchev–Trinajstić information content (AvgIpc) is 2.67. The SMILES string of the molecule is Cc1cc(-c2ccncc2N2CCCC(N(C)C(=O)O)C2)ccc1C#N. The van der Waals surface area contributed by atoms with Gasteiger partial charge in [0.1, 0.15) is 0 Å². The summed E-state index contributed by atoms with van der Waals surface area (Å²) >= 11 is 0. The van der Waals surface area contributed by atoms with E-state index in [1.54, 1.807) is 13.2 Å². The minimum atomic E-state index is -0.897. The number of aromatic nitrogens is 1. The molecule has 0 radical (unpaired) electrons. The van der Waals surface area contributed by atoms with Crippen LogP contribution in [0.1, 0.15) is 24.0 Å². The summed E-state index contributed by atoms with van der Waals surface area (Å²) in [5, 5.41) is 18.4. The van der Waals surface area contributed by atoms with Gasteiger partial charge in [0.15, 0.2) is 0 Å². The van der Waals surface area contributed by atoms with Gasteiger partial charge in [0.25, 0.3) is 0 Å². The van der Waals surface area contributed by atoms with Crippen molar-refractivity contribution in [3.63, 3.8) is 0 Å². The van der Waals surface area contributed by atoms with Crippen LogP contribution in [0.5, 0.6) is 0 Å². The van der Waals surface area contributed by atoms with Crippen molar-refractivity contribution in [3.05, 3.63) is 47.8 Å². The largest absolute Gasteiger partial charge is 0.465 e. The molecule has 6 nitrogen and oxygen atoms in total. The maximum absolute atomic E-state index is 11.3. The molecule has 1 atom stereocenters. The minimum Gasteiger partial charge on any atom is -0.465 e. The van der Waals surface area contributed by atoms with Gasteiger partial charge in [-0.1, -0.05) is 12.1 Å². The van der Waals surface area contributed by atoms with Gasteiger partial charge in [0.2, 0.25) is 0 Å². The number of anilines is 1. The van der Waals surface area contributed by atoms with Crippen molar-refractivity contribution in [2.24, 2.45) is 0 Å². The molecule has 0 bridgehead atoms. The number of hydrogen-bond acceptors (Lipinski definition) is 4. The molecular weight excluding hydrogens is 328 g/mol. The molecule has 1 aromatic heterocycles. The summed E-state index contributed by atoms with van der Waals surface area (Å²) in [6.45, 7) is 3.45. The third-order valence-electron chi connectivity index (χ3n) is 5.04. The third-order valence-corrected chi connectivity index (χ3v) is 5.04. The molecule has 1 aliphatic heterocycles. The molecule has 1 unspecified atom stereocenters. The lowest BCUT2D eigenvalue weighted by molar-refractivity contribution is 0.133. The molecular formula is C20H22N4O2. The van der Waals surface area contributed by atoms with E-state index in [4.69, 9.17) is 5.26 Å². The standard InChI is InChI=1S/C20H22N4O2/c1-14-10-15(5-6-16(14)11-21)18-7-8-22-12-19(18)24-9-3-4-17(13-24)23(2)20(25)26/h5-8,10,12,17H,3-4,9,13H2,1-2H3,(H,25,26). The zero-order valence-electron chi connectivity index (χ0n) is 15.0. The summed E-state index contributed by atoms with van der Waals surface area (Å²) in [5.41, 5.74) is 4.69. The van der Waals surface area contributed by atoms with Gasteiger partial charge in [0.05, 0.1) is 29.6 Å². The number of benzene rings is 1. The fourth-order valence-electron chi connectivity index (χ4n) is 3.48. The van der Waals surface area contributed by atoms with Crippen LogP contribution in [-0.2, 0) is 0 Å². The van der Waals surface area contributed by atoms with Crippen LogP contribution in [0, 0.1) is 18.3 Å². The van der Waals surface area contributed by atoms with E-state index in [1.807, 2.05) is 37.4 Å². The van der Waals surface area contributed by atoms with Crippen molar-refractivity contribution in [2.45, 2.75) is 25.8 Å². The van der Waals surface area contributed by atoms with Gasteiger partial charge in [-0.2, -0.15) is 5.26 Å². The van der Waals surface area contributed by atoms with E-state index in [0.717, 1.165) is 41.8 Å². The molecule has 3 rings (SSSR count). The van der Waals surface area contributed by atoms with Crippen LogP contribution < -0.4 is 4.90 Å². The summed E-state index contributed by atoms with van der Waals surface area (Å²) in [5.74, 6) is 0. The maximum atomic E-state index is 11.3. The summed E-state index contributed by atoms with van der Waals surface area (Å²) < 4.78 is 0. The number of piperidine rings is 1. The summed E-state index contributed by atoms with van der Waals surface area (Å²) in [6.07, 6.45) is 4.50. The van der Waals surface area contributed by atoms with Gasteiger partial charge in [-0.3, -0.25) is 4.98 Å². The molecule has 1 N–H and O–H groups in total. The Balaban J connectivity index is 1.93. The van der Waals surface area contributed by atoms with Gasteiger partial charge in [-0.25, -0.2) is 4.79 Å². The number of rotatable bonds is 3. The van der Waals surface area contributed by atoms with E-state index < -0.39 is 6.09 Å². The van der Waals surface area contributed by atoms with Crippen molar-refractivity contribution >= 4 is 11.8 Å². The molecule has 1 aliphatic rings. The number of nitrogens with zero attached hydrogens (tertiary/aromatic N) is 4. The Morgan fingerprint density at radius 2 is 2.23 bits per heavy atom. The Labute approximate surface area is 153 Å². The van der Waals surface area contributed by atoms with Gasteiger partial charge in [0, 0.05) is 31.9 Å². The van der Waals surface area contributed by atoms with E-state index >= 15 is 0 Å². The highest BCUT2D eigenvalue weighted by atomic mass is 16.4. The quantitative estimate of drug-likeness (QED) is 0.916. The molecule has 26 heavy (non-hydrogen) atoms.